The topological polar surface area (TPSA) is 75.0 Å². The van der Waals surface area contributed by atoms with Crippen molar-refractivity contribution in [3.8, 4) is 0 Å². The van der Waals surface area contributed by atoms with E-state index in [9.17, 15) is 4.79 Å². The van der Waals surface area contributed by atoms with Crippen molar-refractivity contribution in [3.63, 3.8) is 0 Å². The van der Waals surface area contributed by atoms with Crippen LogP contribution in [0.5, 0.6) is 0 Å². The zero-order valence-corrected chi connectivity index (χ0v) is 13.6. The summed E-state index contributed by atoms with van der Waals surface area (Å²) in [7, 11) is 0. The molecule has 2 heterocycles. The predicted octanol–water partition coefficient (Wildman–Crippen LogP) is 1.87. The van der Waals surface area contributed by atoms with E-state index in [-0.39, 0.29) is 18.3 Å². The van der Waals surface area contributed by atoms with Crippen molar-refractivity contribution in [1.82, 2.24) is 15.1 Å². The summed E-state index contributed by atoms with van der Waals surface area (Å²) in [6, 6.07) is 0.338. The van der Waals surface area contributed by atoms with E-state index in [1.54, 1.807) is 0 Å². The summed E-state index contributed by atoms with van der Waals surface area (Å²) in [5, 5.41) is 7.12. The first-order chi connectivity index (χ1) is 10.2. The summed E-state index contributed by atoms with van der Waals surface area (Å²) in [4.78, 5) is 14.9. The second-order valence-corrected chi connectivity index (χ2v) is 7.08. The Balaban J connectivity index is 0.00000144. The molecule has 2 atom stereocenters. The monoisotopic (exact) mass is 324 g/mol. The van der Waals surface area contributed by atoms with Gasteiger partial charge in [0.25, 0.3) is 0 Å². The van der Waals surface area contributed by atoms with Gasteiger partial charge in [-0.25, -0.2) is 0 Å². The van der Waals surface area contributed by atoms with E-state index in [1.165, 1.54) is 30.5 Å². The number of fused-ring (bicyclic) bond motifs is 3. The van der Waals surface area contributed by atoms with Gasteiger partial charge in [0.15, 0.2) is 0 Å². The van der Waals surface area contributed by atoms with Gasteiger partial charge in [0.1, 0.15) is 0 Å². The number of hydrogen-bond acceptors (Lipinski definition) is 3. The lowest BCUT2D eigenvalue weighted by atomic mass is 9.65. The van der Waals surface area contributed by atoms with Crippen molar-refractivity contribution in [2.75, 3.05) is 6.54 Å². The van der Waals surface area contributed by atoms with Gasteiger partial charge < -0.3 is 10.6 Å². The molecule has 2 saturated carbocycles. The lowest BCUT2D eigenvalue weighted by molar-refractivity contribution is -0.139. The van der Waals surface area contributed by atoms with E-state index in [4.69, 9.17) is 5.73 Å². The third kappa shape index (κ3) is 2.65. The van der Waals surface area contributed by atoms with Gasteiger partial charge in [-0.15, -0.1) is 12.4 Å². The van der Waals surface area contributed by atoms with E-state index < -0.39 is 0 Å². The molecule has 4 rings (SSSR count). The van der Waals surface area contributed by atoms with Crippen LogP contribution in [0.15, 0.2) is 6.20 Å². The number of hydrogen-bond donors (Lipinski definition) is 2. The van der Waals surface area contributed by atoms with Crippen molar-refractivity contribution < 1.29 is 4.79 Å². The highest BCUT2D eigenvalue weighted by Crippen LogP contribution is 2.42. The Hall–Kier alpha value is -1.07. The third-order valence-corrected chi connectivity index (χ3v) is 5.87. The van der Waals surface area contributed by atoms with Crippen LogP contribution >= 0.6 is 12.4 Å². The molecule has 2 aliphatic carbocycles. The van der Waals surface area contributed by atoms with Crippen molar-refractivity contribution in [3.05, 3.63) is 17.5 Å². The molecule has 1 aromatic heterocycles. The van der Waals surface area contributed by atoms with Crippen LogP contribution in [-0.4, -0.2) is 33.6 Å². The van der Waals surface area contributed by atoms with Gasteiger partial charge in [0.05, 0.1) is 6.20 Å². The molecule has 122 valence electrons. The number of nitrogens with zero attached hydrogens (tertiary/aromatic N) is 2. The molecule has 0 spiro atoms. The zero-order valence-electron chi connectivity index (χ0n) is 12.8. The van der Waals surface area contributed by atoms with Gasteiger partial charge in [-0.1, -0.05) is 6.42 Å². The number of H-pyrrole nitrogens is 1. The number of amides is 1. The van der Waals surface area contributed by atoms with E-state index >= 15 is 0 Å². The lowest BCUT2D eigenvalue weighted by Gasteiger charge is -2.44. The summed E-state index contributed by atoms with van der Waals surface area (Å²) in [5.41, 5.74) is 8.72. The Morgan fingerprint density at radius 3 is 2.77 bits per heavy atom. The van der Waals surface area contributed by atoms with Crippen molar-refractivity contribution >= 4 is 18.3 Å². The molecule has 22 heavy (non-hydrogen) atoms. The van der Waals surface area contributed by atoms with E-state index in [1.807, 2.05) is 11.1 Å². The normalized spacial score (nSPS) is 33.8. The minimum Gasteiger partial charge on any atom is -0.338 e. The first-order valence-electron chi connectivity index (χ1n) is 8.28. The molecule has 6 heteroatoms. The van der Waals surface area contributed by atoms with Gasteiger partial charge >= 0.3 is 0 Å². The van der Waals surface area contributed by atoms with Crippen LogP contribution in [0.2, 0.25) is 0 Å². The minimum atomic E-state index is 0. The summed E-state index contributed by atoms with van der Waals surface area (Å²) < 4.78 is 0. The second-order valence-electron chi connectivity index (χ2n) is 7.08. The molecular weight excluding hydrogens is 300 g/mol. The highest BCUT2D eigenvalue weighted by atomic mass is 35.5. The molecule has 3 aliphatic rings. The van der Waals surface area contributed by atoms with Crippen LogP contribution < -0.4 is 5.73 Å². The van der Waals surface area contributed by atoms with Gasteiger partial charge in [-0.05, 0) is 37.5 Å². The Kier molecular flexibility index (Phi) is 4.46. The maximum absolute atomic E-state index is 12.9. The van der Waals surface area contributed by atoms with E-state index in [2.05, 4.69) is 10.2 Å². The molecule has 2 unspecified atom stereocenters. The number of halogens is 1. The maximum atomic E-state index is 12.9. The summed E-state index contributed by atoms with van der Waals surface area (Å²) in [6.45, 7) is 1.55. The Morgan fingerprint density at radius 1 is 1.32 bits per heavy atom. The second kappa shape index (κ2) is 6.20. The van der Waals surface area contributed by atoms with Gasteiger partial charge in [0.2, 0.25) is 5.91 Å². The number of aromatic nitrogens is 2. The zero-order chi connectivity index (χ0) is 14.4. The summed E-state index contributed by atoms with van der Waals surface area (Å²) >= 11 is 0. The highest BCUT2D eigenvalue weighted by molar-refractivity contribution is 5.85. The number of nitrogens with one attached hydrogen (secondary N) is 1. The molecular formula is C16H25ClN4O. The molecule has 1 aromatic rings. The fourth-order valence-corrected chi connectivity index (χ4v) is 4.66. The highest BCUT2D eigenvalue weighted by Gasteiger charge is 2.41. The average Bonchev–Trinajstić information content (AvgIpc) is 2.93. The number of carbonyl (C=O) groups is 1. The largest absolute Gasteiger partial charge is 0.338 e. The SMILES string of the molecule is Cl.NC1C2CCCC1CC(C(=O)N1CCc3[nH]ncc3C1)C2. The molecule has 0 aromatic carbocycles. The molecule has 2 fully saturated rings. The van der Waals surface area contributed by atoms with Crippen LogP contribution in [0.1, 0.15) is 43.4 Å². The molecule has 0 saturated heterocycles. The van der Waals surface area contributed by atoms with E-state index in [0.717, 1.165) is 32.4 Å². The molecule has 1 amide bonds. The fraction of sp³-hybridized carbons (Fsp3) is 0.750. The van der Waals surface area contributed by atoms with Crippen LogP contribution in [0, 0.1) is 17.8 Å². The van der Waals surface area contributed by atoms with Gasteiger partial charge in [0, 0.05) is 42.7 Å². The van der Waals surface area contributed by atoms with Crippen molar-refractivity contribution in [2.45, 2.75) is 51.1 Å². The van der Waals surface area contributed by atoms with Crippen molar-refractivity contribution in [1.29, 1.82) is 0 Å². The predicted molar refractivity (Wildman–Crippen MR) is 86.5 cm³/mol. The van der Waals surface area contributed by atoms with Gasteiger partial charge in [-0.2, -0.15) is 5.10 Å². The van der Waals surface area contributed by atoms with Crippen molar-refractivity contribution in [2.24, 2.45) is 23.5 Å². The number of nitrogens with two attached hydrogens (primary N) is 1. The maximum Gasteiger partial charge on any atom is 0.226 e. The standard InChI is InChI=1S/C16H24N4O.ClH/c17-15-10-2-1-3-11(15)7-12(6-10)16(21)20-5-4-14-13(9-20)8-18-19-14;/h8,10-12,15H,1-7,9,17H2,(H,18,19);1H. The summed E-state index contributed by atoms with van der Waals surface area (Å²) in [5.74, 6) is 1.70. The summed E-state index contributed by atoms with van der Waals surface area (Å²) in [6.07, 6.45) is 8.50. The smallest absolute Gasteiger partial charge is 0.226 e. The van der Waals surface area contributed by atoms with E-state index in [0.29, 0.717) is 23.8 Å². The number of aromatic amines is 1. The Bertz CT molecular complexity index is 532. The molecule has 5 nitrogen and oxygen atoms in total. The van der Waals surface area contributed by atoms with Crippen LogP contribution in [0.4, 0.5) is 0 Å². The Morgan fingerprint density at radius 2 is 2.05 bits per heavy atom. The number of rotatable bonds is 1. The quantitative estimate of drug-likeness (QED) is 0.828. The average molecular weight is 325 g/mol. The Labute approximate surface area is 137 Å². The molecule has 3 N–H and O–H groups in total. The number of carbonyl (C=O) groups excluding carboxylic acids is 1. The molecule has 0 radical (unpaired) electrons. The minimum absolute atomic E-state index is 0. The van der Waals surface area contributed by atoms with Crippen LogP contribution in [0.3, 0.4) is 0 Å². The third-order valence-electron chi connectivity index (χ3n) is 5.87. The molecule has 2 bridgehead atoms. The van der Waals surface area contributed by atoms with Crippen LogP contribution in [0.25, 0.3) is 0 Å². The van der Waals surface area contributed by atoms with Crippen LogP contribution in [-0.2, 0) is 17.8 Å². The first kappa shape index (κ1) is 15.8. The lowest BCUT2D eigenvalue weighted by Crippen LogP contribution is -2.50. The molecule has 1 aliphatic heterocycles. The first-order valence-corrected chi connectivity index (χ1v) is 8.28. The van der Waals surface area contributed by atoms with Gasteiger partial charge in [-0.3, -0.25) is 9.89 Å². The fourth-order valence-electron chi connectivity index (χ4n) is 4.66.